The maximum absolute atomic E-state index is 13.9. The van der Waals surface area contributed by atoms with Crippen molar-refractivity contribution >= 4 is 6.03 Å². The van der Waals surface area contributed by atoms with E-state index in [0.29, 0.717) is 25.3 Å². The Bertz CT molecular complexity index is 729. The molecule has 26 heavy (non-hydrogen) atoms. The fourth-order valence-electron chi connectivity index (χ4n) is 2.76. The first kappa shape index (κ1) is 18.2. The van der Waals surface area contributed by atoms with E-state index in [9.17, 15) is 9.18 Å². The van der Waals surface area contributed by atoms with E-state index in [-0.39, 0.29) is 17.9 Å². The number of halogens is 1. The summed E-state index contributed by atoms with van der Waals surface area (Å²) in [5, 5.41) is 2.92. The van der Waals surface area contributed by atoms with E-state index in [2.05, 4.69) is 5.32 Å². The van der Waals surface area contributed by atoms with Gasteiger partial charge in [0.05, 0.1) is 13.2 Å². The van der Waals surface area contributed by atoms with E-state index < -0.39 is 0 Å². The summed E-state index contributed by atoms with van der Waals surface area (Å²) < 4.78 is 19.5. The van der Waals surface area contributed by atoms with Crippen molar-refractivity contribution in [3.8, 4) is 5.75 Å². The summed E-state index contributed by atoms with van der Waals surface area (Å²) in [4.78, 5) is 14.2. The van der Waals surface area contributed by atoms with E-state index in [1.807, 2.05) is 31.2 Å². The minimum atomic E-state index is -0.266. The molecule has 1 saturated carbocycles. The Hall–Kier alpha value is -2.56. The van der Waals surface area contributed by atoms with Crippen molar-refractivity contribution in [2.45, 2.75) is 38.8 Å². The first-order valence-corrected chi connectivity index (χ1v) is 9.11. The van der Waals surface area contributed by atoms with Gasteiger partial charge >= 0.3 is 6.03 Å². The van der Waals surface area contributed by atoms with Crippen LogP contribution in [0.15, 0.2) is 48.5 Å². The molecule has 138 valence electrons. The fourth-order valence-corrected chi connectivity index (χ4v) is 2.76. The number of urea groups is 1. The van der Waals surface area contributed by atoms with Gasteiger partial charge in [-0.25, -0.2) is 9.18 Å². The molecule has 3 rings (SSSR count). The molecule has 0 aromatic heterocycles. The summed E-state index contributed by atoms with van der Waals surface area (Å²) >= 11 is 0. The zero-order valence-corrected chi connectivity index (χ0v) is 15.1. The largest absolute Gasteiger partial charge is 0.494 e. The lowest BCUT2D eigenvalue weighted by atomic mass is 10.2. The van der Waals surface area contributed by atoms with Gasteiger partial charge in [-0.3, -0.25) is 0 Å². The highest BCUT2D eigenvalue weighted by molar-refractivity contribution is 5.74. The van der Waals surface area contributed by atoms with Crippen LogP contribution in [0.5, 0.6) is 5.75 Å². The monoisotopic (exact) mass is 356 g/mol. The summed E-state index contributed by atoms with van der Waals surface area (Å²) in [5.74, 6) is 0.568. The summed E-state index contributed by atoms with van der Waals surface area (Å²) in [6.45, 7) is 3.42. The second kappa shape index (κ2) is 8.70. The number of amides is 2. The maximum atomic E-state index is 13.9. The molecule has 0 atom stereocenters. The van der Waals surface area contributed by atoms with Crippen LogP contribution in [0, 0.1) is 12.7 Å². The van der Waals surface area contributed by atoms with Gasteiger partial charge in [-0.15, -0.1) is 0 Å². The number of hydrogen-bond acceptors (Lipinski definition) is 2. The quantitative estimate of drug-likeness (QED) is 0.718. The lowest BCUT2D eigenvalue weighted by Gasteiger charge is -2.23. The molecular formula is C21H25FN2O2. The summed E-state index contributed by atoms with van der Waals surface area (Å²) in [6, 6.07) is 14.6. The van der Waals surface area contributed by atoms with Gasteiger partial charge in [0.15, 0.2) is 0 Å². The highest BCUT2D eigenvalue weighted by atomic mass is 19.1. The van der Waals surface area contributed by atoms with E-state index in [0.717, 1.165) is 25.0 Å². The smallest absolute Gasteiger partial charge is 0.317 e. The van der Waals surface area contributed by atoms with Gasteiger partial charge < -0.3 is 15.0 Å². The Kier molecular flexibility index (Phi) is 6.10. The molecule has 2 aromatic carbocycles. The first-order chi connectivity index (χ1) is 12.6. The molecule has 4 nitrogen and oxygen atoms in total. The third-order valence-corrected chi connectivity index (χ3v) is 4.43. The van der Waals surface area contributed by atoms with Gasteiger partial charge in [0.2, 0.25) is 0 Å². The van der Waals surface area contributed by atoms with Gasteiger partial charge in [0.1, 0.15) is 11.6 Å². The van der Waals surface area contributed by atoms with Crippen LogP contribution in [0.25, 0.3) is 0 Å². The zero-order valence-electron chi connectivity index (χ0n) is 15.1. The molecule has 2 amide bonds. The number of rotatable bonds is 8. The second-order valence-corrected chi connectivity index (χ2v) is 6.70. The number of carbonyl (C=O) groups excluding carboxylic acids is 1. The van der Waals surface area contributed by atoms with Crippen molar-refractivity contribution in [1.82, 2.24) is 10.2 Å². The van der Waals surface area contributed by atoms with Crippen LogP contribution >= 0.6 is 0 Å². The standard InChI is InChI=1S/C21H25FN2O2/c1-16-7-11-19(12-8-16)26-14-4-13-23-21(25)24(18-9-10-18)15-17-5-2-3-6-20(17)22/h2-3,5-8,11-12,18H,4,9-10,13-15H2,1H3,(H,23,25). The average molecular weight is 356 g/mol. The number of nitrogens with one attached hydrogen (secondary N) is 1. The Morgan fingerprint density at radius 2 is 1.92 bits per heavy atom. The van der Waals surface area contributed by atoms with Crippen LogP contribution in [-0.2, 0) is 6.54 Å². The van der Waals surface area contributed by atoms with E-state index in [1.165, 1.54) is 11.6 Å². The van der Waals surface area contributed by atoms with Crippen LogP contribution in [-0.4, -0.2) is 30.1 Å². The molecule has 5 heteroatoms. The molecule has 1 aliphatic rings. The summed E-state index contributed by atoms with van der Waals surface area (Å²) in [6.07, 6.45) is 2.69. The Balaban J connectivity index is 1.42. The highest BCUT2D eigenvalue weighted by Gasteiger charge is 2.32. The fraction of sp³-hybridized carbons (Fsp3) is 0.381. The van der Waals surface area contributed by atoms with E-state index >= 15 is 0 Å². The van der Waals surface area contributed by atoms with Crippen molar-refractivity contribution in [3.05, 3.63) is 65.5 Å². The third kappa shape index (κ3) is 5.22. The summed E-state index contributed by atoms with van der Waals surface area (Å²) in [7, 11) is 0. The minimum Gasteiger partial charge on any atom is -0.494 e. The molecular weight excluding hydrogens is 331 g/mol. The van der Waals surface area contributed by atoms with Crippen LogP contribution in [0.4, 0.5) is 9.18 Å². The molecule has 0 saturated heterocycles. The average Bonchev–Trinajstić information content (AvgIpc) is 3.47. The predicted octanol–water partition coefficient (Wildman–Crippen LogP) is 4.28. The number of carbonyl (C=O) groups is 1. The lowest BCUT2D eigenvalue weighted by molar-refractivity contribution is 0.190. The molecule has 0 radical (unpaired) electrons. The molecule has 0 spiro atoms. The first-order valence-electron chi connectivity index (χ1n) is 9.11. The van der Waals surface area contributed by atoms with Crippen LogP contribution < -0.4 is 10.1 Å². The Morgan fingerprint density at radius 3 is 2.62 bits per heavy atom. The summed E-state index contributed by atoms with van der Waals surface area (Å²) in [5.41, 5.74) is 1.75. The molecule has 1 fully saturated rings. The molecule has 0 unspecified atom stereocenters. The zero-order chi connectivity index (χ0) is 18.4. The molecule has 0 heterocycles. The predicted molar refractivity (Wildman–Crippen MR) is 99.7 cm³/mol. The van der Waals surface area contributed by atoms with Gasteiger partial charge in [0.25, 0.3) is 0 Å². The van der Waals surface area contributed by atoms with Gasteiger partial charge in [0, 0.05) is 18.2 Å². The van der Waals surface area contributed by atoms with Crippen molar-refractivity contribution in [2.24, 2.45) is 0 Å². The minimum absolute atomic E-state index is 0.133. The van der Waals surface area contributed by atoms with Crippen LogP contribution in [0.1, 0.15) is 30.4 Å². The molecule has 2 aromatic rings. The van der Waals surface area contributed by atoms with Crippen molar-refractivity contribution in [3.63, 3.8) is 0 Å². The van der Waals surface area contributed by atoms with Crippen molar-refractivity contribution in [2.75, 3.05) is 13.2 Å². The molecule has 0 aliphatic heterocycles. The van der Waals surface area contributed by atoms with Crippen molar-refractivity contribution in [1.29, 1.82) is 0 Å². The SMILES string of the molecule is Cc1ccc(OCCCNC(=O)N(Cc2ccccc2F)C2CC2)cc1. The van der Waals surface area contributed by atoms with Gasteiger partial charge in [-0.1, -0.05) is 35.9 Å². The number of benzene rings is 2. The number of aryl methyl sites for hydroxylation is 1. The second-order valence-electron chi connectivity index (χ2n) is 6.70. The van der Waals surface area contributed by atoms with Gasteiger partial charge in [-0.05, 0) is 44.4 Å². The third-order valence-electron chi connectivity index (χ3n) is 4.43. The van der Waals surface area contributed by atoms with E-state index in [1.54, 1.807) is 23.1 Å². The maximum Gasteiger partial charge on any atom is 0.317 e. The van der Waals surface area contributed by atoms with Crippen LogP contribution in [0.2, 0.25) is 0 Å². The van der Waals surface area contributed by atoms with Crippen LogP contribution in [0.3, 0.4) is 0 Å². The number of nitrogens with zero attached hydrogens (tertiary/aromatic N) is 1. The highest BCUT2D eigenvalue weighted by Crippen LogP contribution is 2.28. The molecule has 0 bridgehead atoms. The topological polar surface area (TPSA) is 41.6 Å². The Labute approximate surface area is 154 Å². The van der Waals surface area contributed by atoms with E-state index in [4.69, 9.17) is 4.74 Å². The molecule has 1 aliphatic carbocycles. The number of ether oxygens (including phenoxy) is 1. The van der Waals surface area contributed by atoms with Gasteiger partial charge in [-0.2, -0.15) is 0 Å². The Morgan fingerprint density at radius 1 is 1.19 bits per heavy atom. The molecule has 1 N–H and O–H groups in total. The van der Waals surface area contributed by atoms with Crippen molar-refractivity contribution < 1.29 is 13.9 Å². The number of hydrogen-bond donors (Lipinski definition) is 1. The lowest BCUT2D eigenvalue weighted by Crippen LogP contribution is -2.41. The normalized spacial score (nSPS) is 13.3.